The fourth-order valence-corrected chi connectivity index (χ4v) is 4.79. The maximum atomic E-state index is 12.7. The summed E-state index contributed by atoms with van der Waals surface area (Å²) in [6.45, 7) is 17.9. The summed E-state index contributed by atoms with van der Waals surface area (Å²) in [5, 5.41) is 2.64. The van der Waals surface area contributed by atoms with E-state index in [-0.39, 0.29) is 24.2 Å². The Bertz CT molecular complexity index is 1020. The Morgan fingerprint density at radius 1 is 0.900 bits per heavy atom. The van der Waals surface area contributed by atoms with Gasteiger partial charge in [-0.05, 0) is 50.0 Å². The maximum absolute atomic E-state index is 12.7. The van der Waals surface area contributed by atoms with Gasteiger partial charge in [-0.3, -0.25) is 10.2 Å². The first-order valence-electron chi connectivity index (χ1n) is 13.8. The number of hydroxylamine groups is 1. The van der Waals surface area contributed by atoms with Crippen molar-refractivity contribution in [2.24, 2.45) is 4.99 Å². The summed E-state index contributed by atoms with van der Waals surface area (Å²) in [6, 6.07) is 18.7. The molecule has 1 amide bonds. The van der Waals surface area contributed by atoms with Gasteiger partial charge in [-0.1, -0.05) is 81.4 Å². The molecule has 0 aliphatic carbocycles. The third-order valence-corrected chi connectivity index (χ3v) is 11.1. The molecule has 2 aromatic rings. The summed E-state index contributed by atoms with van der Waals surface area (Å²) < 4.78 is 24.1. The summed E-state index contributed by atoms with van der Waals surface area (Å²) in [7, 11) is -2.25. The van der Waals surface area contributed by atoms with E-state index in [1.807, 2.05) is 81.4 Å². The Hall–Kier alpha value is -2.76. The van der Waals surface area contributed by atoms with E-state index in [0.717, 1.165) is 11.1 Å². The number of amides is 1. The van der Waals surface area contributed by atoms with Crippen molar-refractivity contribution in [2.75, 3.05) is 13.2 Å². The van der Waals surface area contributed by atoms with Gasteiger partial charge in [0.1, 0.15) is 12.7 Å². The maximum Gasteiger partial charge on any atom is 0.414 e. The lowest BCUT2D eigenvalue weighted by molar-refractivity contribution is -0.188. The van der Waals surface area contributed by atoms with Crippen LogP contribution < -0.4 is 10.8 Å². The number of guanidine groups is 1. The standard InChI is InChI=1S/C30H47N3O6Si/c1-9-35-27(36-10-2)26(39-40(7,8)30(4,5)6)23(3)31-28(33-38-22-25-19-15-12-16-20-25)32-29(34)37-21-24-17-13-11-14-18-24/h11-20,23,26-27H,9-10,21-22H2,1-8H3,(H2,31,32,33,34)/t23-,26-/m1/s1. The second-order valence-electron chi connectivity index (χ2n) is 10.9. The zero-order valence-corrected chi connectivity index (χ0v) is 26.2. The molecule has 0 saturated heterocycles. The van der Waals surface area contributed by atoms with E-state index < -0.39 is 32.8 Å². The fourth-order valence-electron chi connectivity index (χ4n) is 3.44. The van der Waals surface area contributed by atoms with Gasteiger partial charge in [0.05, 0.1) is 12.6 Å². The first-order valence-corrected chi connectivity index (χ1v) is 16.8. The fraction of sp³-hybridized carbons (Fsp3) is 0.533. The van der Waals surface area contributed by atoms with Crippen LogP contribution in [-0.4, -0.2) is 52.0 Å². The second-order valence-corrected chi connectivity index (χ2v) is 15.7. The highest BCUT2D eigenvalue weighted by Gasteiger charge is 2.43. The number of hydrogen-bond donors (Lipinski definition) is 2. The van der Waals surface area contributed by atoms with Gasteiger partial charge >= 0.3 is 6.09 Å². The van der Waals surface area contributed by atoms with E-state index in [1.165, 1.54) is 0 Å². The predicted molar refractivity (Wildman–Crippen MR) is 160 cm³/mol. The van der Waals surface area contributed by atoms with Crippen LogP contribution in [0.4, 0.5) is 4.79 Å². The Morgan fingerprint density at radius 2 is 1.43 bits per heavy atom. The Labute approximate surface area is 240 Å². The molecule has 0 spiro atoms. The van der Waals surface area contributed by atoms with E-state index in [9.17, 15) is 4.79 Å². The number of alkyl carbamates (subject to hydrolysis) is 1. The minimum atomic E-state index is -2.25. The zero-order valence-electron chi connectivity index (χ0n) is 25.2. The van der Waals surface area contributed by atoms with Gasteiger partial charge in [-0.2, -0.15) is 0 Å². The lowest BCUT2D eigenvalue weighted by atomic mass is 10.2. The van der Waals surface area contributed by atoms with Crippen LogP contribution in [0.15, 0.2) is 65.7 Å². The number of aliphatic imine (C=N–C) groups is 1. The molecular weight excluding hydrogens is 526 g/mol. The quantitative estimate of drug-likeness (QED) is 0.0917. The molecule has 0 heterocycles. The highest BCUT2D eigenvalue weighted by molar-refractivity contribution is 6.74. The molecule has 9 nitrogen and oxygen atoms in total. The third kappa shape index (κ3) is 11.4. The molecule has 0 aliphatic heterocycles. The second kappa shape index (κ2) is 16.5. The summed E-state index contributed by atoms with van der Waals surface area (Å²) in [5.74, 6) is 0.0945. The van der Waals surface area contributed by atoms with Crippen molar-refractivity contribution in [2.45, 2.75) is 91.3 Å². The molecule has 0 aliphatic rings. The highest BCUT2D eigenvalue weighted by Crippen LogP contribution is 2.38. The molecule has 2 rings (SSSR count). The van der Waals surface area contributed by atoms with Crippen molar-refractivity contribution >= 4 is 20.4 Å². The van der Waals surface area contributed by atoms with Gasteiger partial charge in [0.25, 0.3) is 0 Å². The first-order chi connectivity index (χ1) is 19.0. The summed E-state index contributed by atoms with van der Waals surface area (Å²) in [5.41, 5.74) is 4.62. The number of rotatable bonds is 14. The molecule has 0 unspecified atom stereocenters. The highest BCUT2D eigenvalue weighted by atomic mass is 28.4. The van der Waals surface area contributed by atoms with Crippen molar-refractivity contribution in [3.05, 3.63) is 71.8 Å². The zero-order chi connectivity index (χ0) is 29.6. The normalized spacial score (nSPS) is 14.1. The van der Waals surface area contributed by atoms with Crippen molar-refractivity contribution in [1.29, 1.82) is 0 Å². The number of benzene rings is 2. The Kier molecular flexibility index (Phi) is 13.8. The molecule has 10 heteroatoms. The Balaban J connectivity index is 2.28. The smallest absolute Gasteiger partial charge is 0.414 e. The number of carbonyl (C=O) groups excluding carboxylic acids is 1. The molecule has 222 valence electrons. The van der Waals surface area contributed by atoms with Crippen LogP contribution in [0.2, 0.25) is 18.1 Å². The first kappa shape index (κ1) is 33.4. The summed E-state index contributed by atoms with van der Waals surface area (Å²) in [6.07, 6.45) is -1.84. The van der Waals surface area contributed by atoms with Crippen LogP contribution in [0.1, 0.15) is 52.7 Å². The van der Waals surface area contributed by atoms with E-state index in [4.69, 9.17) is 28.5 Å². The minimum absolute atomic E-state index is 0.0446. The molecule has 40 heavy (non-hydrogen) atoms. The molecule has 0 saturated carbocycles. The van der Waals surface area contributed by atoms with Crippen molar-refractivity contribution in [3.63, 3.8) is 0 Å². The molecule has 2 aromatic carbocycles. The van der Waals surface area contributed by atoms with E-state index in [1.54, 1.807) is 0 Å². The van der Waals surface area contributed by atoms with E-state index in [0.29, 0.717) is 13.2 Å². The van der Waals surface area contributed by atoms with Gasteiger partial charge in [0.2, 0.25) is 5.96 Å². The van der Waals surface area contributed by atoms with E-state index in [2.05, 4.69) is 44.7 Å². The van der Waals surface area contributed by atoms with Gasteiger partial charge in [0.15, 0.2) is 14.6 Å². The number of nitrogens with one attached hydrogen (secondary N) is 2. The lowest BCUT2D eigenvalue weighted by Crippen LogP contribution is -2.52. The number of nitrogens with zero attached hydrogens (tertiary/aromatic N) is 1. The number of carbonyl (C=O) groups is 1. The average molecular weight is 574 g/mol. The Morgan fingerprint density at radius 3 is 1.93 bits per heavy atom. The minimum Gasteiger partial charge on any atom is -0.444 e. The number of hydrogen-bond acceptors (Lipinski definition) is 7. The number of ether oxygens (including phenoxy) is 3. The molecule has 0 radical (unpaired) electrons. The van der Waals surface area contributed by atoms with Crippen LogP contribution in [0, 0.1) is 0 Å². The average Bonchev–Trinajstić information content (AvgIpc) is 2.91. The van der Waals surface area contributed by atoms with Crippen molar-refractivity contribution < 1.29 is 28.3 Å². The van der Waals surface area contributed by atoms with Gasteiger partial charge in [-0.15, -0.1) is 0 Å². The van der Waals surface area contributed by atoms with Gasteiger partial charge in [-0.25, -0.2) is 15.3 Å². The predicted octanol–water partition coefficient (Wildman–Crippen LogP) is 6.17. The summed E-state index contributed by atoms with van der Waals surface area (Å²) in [4.78, 5) is 23.2. The van der Waals surface area contributed by atoms with Crippen LogP contribution >= 0.6 is 0 Å². The van der Waals surface area contributed by atoms with Crippen LogP contribution in [0.3, 0.4) is 0 Å². The topological polar surface area (TPSA) is 99.6 Å². The monoisotopic (exact) mass is 573 g/mol. The van der Waals surface area contributed by atoms with Crippen LogP contribution in [0.5, 0.6) is 0 Å². The third-order valence-electron chi connectivity index (χ3n) is 6.66. The molecule has 0 bridgehead atoms. The van der Waals surface area contributed by atoms with E-state index >= 15 is 0 Å². The van der Waals surface area contributed by atoms with Crippen molar-refractivity contribution in [1.82, 2.24) is 10.8 Å². The largest absolute Gasteiger partial charge is 0.444 e. The van der Waals surface area contributed by atoms with Gasteiger partial charge < -0.3 is 18.6 Å². The molecule has 2 atom stereocenters. The van der Waals surface area contributed by atoms with Crippen molar-refractivity contribution in [3.8, 4) is 0 Å². The van der Waals surface area contributed by atoms with Crippen LogP contribution in [0.25, 0.3) is 0 Å². The molecule has 0 aromatic heterocycles. The molecule has 0 fully saturated rings. The SMILES string of the molecule is CCOC(OCC)[C@H](O[Si](C)(C)C(C)(C)C)[C@@H](C)N=C(NOCc1ccccc1)NC(=O)OCc1ccccc1. The lowest BCUT2D eigenvalue weighted by Gasteiger charge is -2.42. The van der Waals surface area contributed by atoms with Gasteiger partial charge in [0, 0.05) is 13.2 Å². The molecule has 2 N–H and O–H groups in total. The summed E-state index contributed by atoms with van der Waals surface area (Å²) >= 11 is 0. The molecular formula is C30H47N3O6Si. The van der Waals surface area contributed by atoms with Crippen LogP contribution in [-0.2, 0) is 36.7 Å².